The Bertz CT molecular complexity index is 959. The van der Waals surface area contributed by atoms with Crippen molar-refractivity contribution < 1.29 is 14.0 Å². The van der Waals surface area contributed by atoms with Crippen LogP contribution < -0.4 is 14.7 Å². The molecule has 0 aliphatic carbocycles. The second-order valence-electron chi connectivity index (χ2n) is 8.16. The number of amides is 2. The van der Waals surface area contributed by atoms with Crippen molar-refractivity contribution in [3.8, 4) is 0 Å². The molecule has 1 aromatic heterocycles. The predicted molar refractivity (Wildman–Crippen MR) is 117 cm³/mol. The Hall–Kier alpha value is -2.75. The molecule has 3 aliphatic rings. The summed E-state index contributed by atoms with van der Waals surface area (Å²) in [6.45, 7) is 4.20. The van der Waals surface area contributed by atoms with Crippen molar-refractivity contribution in [3.63, 3.8) is 0 Å². The molecule has 0 radical (unpaired) electrons. The van der Waals surface area contributed by atoms with Crippen molar-refractivity contribution in [2.24, 2.45) is 0 Å². The van der Waals surface area contributed by atoms with Crippen LogP contribution in [0.25, 0.3) is 0 Å². The van der Waals surface area contributed by atoms with Gasteiger partial charge < -0.3 is 14.7 Å². The highest BCUT2D eigenvalue weighted by atomic mass is 32.1. The quantitative estimate of drug-likeness (QED) is 0.719. The van der Waals surface area contributed by atoms with Crippen LogP contribution in [0.15, 0.2) is 24.3 Å². The summed E-state index contributed by atoms with van der Waals surface area (Å²) in [5.41, 5.74) is 0.980. The normalized spacial score (nSPS) is 22.0. The topological polar surface area (TPSA) is 72.9 Å². The molecule has 0 saturated carbocycles. The smallest absolute Gasteiger partial charge is 0.245 e. The van der Waals surface area contributed by atoms with Gasteiger partial charge in [0.1, 0.15) is 11.9 Å². The van der Waals surface area contributed by atoms with E-state index < -0.39 is 0 Å². The second kappa shape index (κ2) is 8.41. The van der Waals surface area contributed by atoms with Gasteiger partial charge in [0, 0.05) is 51.4 Å². The van der Waals surface area contributed by atoms with Crippen LogP contribution in [0.4, 0.5) is 20.3 Å². The molecule has 3 fully saturated rings. The Morgan fingerprint density at radius 3 is 2.42 bits per heavy atom. The first-order valence-corrected chi connectivity index (χ1v) is 11.6. The van der Waals surface area contributed by atoms with Crippen LogP contribution in [0.2, 0.25) is 0 Å². The van der Waals surface area contributed by atoms with Gasteiger partial charge in [-0.25, -0.2) is 4.39 Å². The Labute approximate surface area is 184 Å². The highest BCUT2D eigenvalue weighted by Gasteiger charge is 2.37. The fraction of sp³-hybridized carbons (Fsp3) is 0.524. The summed E-state index contributed by atoms with van der Waals surface area (Å²) in [5, 5.41) is 9.87. The number of piperazine rings is 1. The van der Waals surface area contributed by atoms with Gasteiger partial charge in [-0.1, -0.05) is 11.3 Å². The summed E-state index contributed by atoms with van der Waals surface area (Å²) in [7, 11) is 0. The van der Waals surface area contributed by atoms with Gasteiger partial charge in [0.25, 0.3) is 0 Å². The molecular weight excluding hydrogens is 419 g/mol. The van der Waals surface area contributed by atoms with E-state index in [1.807, 2.05) is 4.90 Å². The standard InChI is InChI=1S/C21H25FN6O2S/c22-15-5-7-16(8-6-15)25-11-13-26(14-12-25)19(30)17-3-1-9-27(17)20-23-24-21(31-20)28-10-2-4-18(28)29/h5-8,17H,1-4,9-14H2/t17-/m0/s1. The van der Waals surface area contributed by atoms with Crippen molar-refractivity contribution in [2.75, 3.05) is 54.0 Å². The van der Waals surface area contributed by atoms with Gasteiger partial charge in [-0.15, -0.1) is 10.2 Å². The van der Waals surface area contributed by atoms with E-state index in [9.17, 15) is 14.0 Å². The van der Waals surface area contributed by atoms with Crippen LogP contribution in [0.1, 0.15) is 25.7 Å². The number of carbonyl (C=O) groups is 2. The molecule has 4 heterocycles. The van der Waals surface area contributed by atoms with Crippen LogP contribution in [0.5, 0.6) is 0 Å². The van der Waals surface area contributed by atoms with E-state index in [2.05, 4.69) is 20.0 Å². The number of anilines is 3. The first-order valence-electron chi connectivity index (χ1n) is 10.8. The van der Waals surface area contributed by atoms with Crippen LogP contribution in [0, 0.1) is 5.82 Å². The third kappa shape index (κ3) is 3.96. The molecule has 164 valence electrons. The van der Waals surface area contributed by atoms with E-state index in [1.165, 1.54) is 23.5 Å². The lowest BCUT2D eigenvalue weighted by molar-refractivity contribution is -0.132. The van der Waals surface area contributed by atoms with Gasteiger partial charge in [-0.05, 0) is 43.5 Å². The molecule has 0 N–H and O–H groups in total. The van der Waals surface area contributed by atoms with Gasteiger partial charge in [0.2, 0.25) is 22.1 Å². The Morgan fingerprint density at radius 1 is 0.968 bits per heavy atom. The third-order valence-corrected chi connectivity index (χ3v) is 7.26. The maximum atomic E-state index is 13.3. The molecule has 31 heavy (non-hydrogen) atoms. The van der Waals surface area contributed by atoms with E-state index in [-0.39, 0.29) is 23.7 Å². The van der Waals surface area contributed by atoms with E-state index >= 15 is 0 Å². The lowest BCUT2D eigenvalue weighted by atomic mass is 10.1. The summed E-state index contributed by atoms with van der Waals surface area (Å²) < 4.78 is 13.2. The summed E-state index contributed by atoms with van der Waals surface area (Å²) in [6.07, 6.45) is 3.14. The lowest BCUT2D eigenvalue weighted by Gasteiger charge is -2.38. The molecule has 0 spiro atoms. The molecule has 2 aromatic rings. The first kappa shape index (κ1) is 20.2. The minimum absolute atomic E-state index is 0.0933. The zero-order valence-electron chi connectivity index (χ0n) is 17.2. The summed E-state index contributed by atoms with van der Waals surface area (Å²) in [4.78, 5) is 33.1. The van der Waals surface area contributed by atoms with Crippen molar-refractivity contribution in [3.05, 3.63) is 30.1 Å². The van der Waals surface area contributed by atoms with E-state index in [1.54, 1.807) is 17.0 Å². The highest BCUT2D eigenvalue weighted by molar-refractivity contribution is 7.19. The molecule has 0 bridgehead atoms. The maximum Gasteiger partial charge on any atom is 0.245 e. The number of rotatable bonds is 4. The van der Waals surface area contributed by atoms with Crippen molar-refractivity contribution in [1.29, 1.82) is 0 Å². The van der Waals surface area contributed by atoms with E-state index in [0.29, 0.717) is 31.2 Å². The van der Waals surface area contributed by atoms with Crippen LogP contribution in [-0.4, -0.2) is 72.2 Å². The van der Waals surface area contributed by atoms with Crippen molar-refractivity contribution in [1.82, 2.24) is 15.1 Å². The molecule has 3 saturated heterocycles. The first-order chi connectivity index (χ1) is 15.1. The number of nitrogens with zero attached hydrogens (tertiary/aromatic N) is 6. The molecule has 10 heteroatoms. The minimum atomic E-state index is -0.243. The highest BCUT2D eigenvalue weighted by Crippen LogP contribution is 2.34. The Kier molecular flexibility index (Phi) is 5.47. The largest absolute Gasteiger partial charge is 0.368 e. The summed E-state index contributed by atoms with van der Waals surface area (Å²) in [5.74, 6) is -0.0196. The van der Waals surface area contributed by atoms with Gasteiger partial charge >= 0.3 is 0 Å². The second-order valence-corrected chi connectivity index (χ2v) is 9.09. The summed E-state index contributed by atoms with van der Waals surface area (Å²) >= 11 is 1.40. The molecule has 1 aromatic carbocycles. The zero-order chi connectivity index (χ0) is 21.4. The Balaban J connectivity index is 1.23. The molecule has 0 unspecified atom stereocenters. The molecule has 8 nitrogen and oxygen atoms in total. The van der Waals surface area contributed by atoms with Crippen LogP contribution in [0.3, 0.4) is 0 Å². The average Bonchev–Trinajstić information content (AvgIpc) is 3.54. The van der Waals surface area contributed by atoms with E-state index in [0.717, 1.165) is 49.7 Å². The van der Waals surface area contributed by atoms with Crippen molar-refractivity contribution >= 4 is 39.1 Å². The van der Waals surface area contributed by atoms with E-state index in [4.69, 9.17) is 0 Å². The molecule has 5 rings (SSSR count). The van der Waals surface area contributed by atoms with Crippen LogP contribution >= 0.6 is 11.3 Å². The monoisotopic (exact) mass is 444 g/mol. The number of hydrogen-bond donors (Lipinski definition) is 0. The molecule has 3 aliphatic heterocycles. The maximum absolute atomic E-state index is 13.3. The number of hydrogen-bond acceptors (Lipinski definition) is 7. The number of halogens is 1. The summed E-state index contributed by atoms with van der Waals surface area (Å²) in [6, 6.07) is 6.27. The molecular formula is C21H25FN6O2S. The number of benzene rings is 1. The fourth-order valence-electron chi connectivity index (χ4n) is 4.58. The molecule has 1 atom stereocenters. The minimum Gasteiger partial charge on any atom is -0.368 e. The average molecular weight is 445 g/mol. The fourth-order valence-corrected chi connectivity index (χ4v) is 5.55. The van der Waals surface area contributed by atoms with Crippen LogP contribution in [-0.2, 0) is 9.59 Å². The number of carbonyl (C=O) groups excluding carboxylic acids is 2. The lowest BCUT2D eigenvalue weighted by Crippen LogP contribution is -2.53. The Morgan fingerprint density at radius 2 is 1.71 bits per heavy atom. The van der Waals surface area contributed by atoms with Gasteiger partial charge in [0.15, 0.2) is 0 Å². The zero-order valence-corrected chi connectivity index (χ0v) is 18.1. The third-order valence-electron chi connectivity index (χ3n) is 6.27. The predicted octanol–water partition coefficient (Wildman–Crippen LogP) is 2.12. The van der Waals surface area contributed by atoms with Gasteiger partial charge in [-0.2, -0.15) is 0 Å². The van der Waals surface area contributed by atoms with Gasteiger partial charge in [-0.3, -0.25) is 14.5 Å². The molecule has 2 amide bonds. The number of aromatic nitrogens is 2. The van der Waals surface area contributed by atoms with Crippen molar-refractivity contribution in [2.45, 2.75) is 31.7 Å². The SMILES string of the molecule is O=C([C@@H]1CCCN1c1nnc(N2CCCC2=O)s1)N1CCN(c2ccc(F)cc2)CC1. The van der Waals surface area contributed by atoms with Gasteiger partial charge in [0.05, 0.1) is 0 Å².